The molecule has 0 atom stereocenters. The van der Waals surface area contributed by atoms with Gasteiger partial charge in [-0.15, -0.1) is 0 Å². The highest BCUT2D eigenvalue weighted by Gasteiger charge is 2.27. The van der Waals surface area contributed by atoms with E-state index in [1.54, 1.807) is 18.5 Å². The van der Waals surface area contributed by atoms with Crippen molar-refractivity contribution in [2.24, 2.45) is 0 Å². The first-order valence-corrected chi connectivity index (χ1v) is 7.60. The van der Waals surface area contributed by atoms with Crippen LogP contribution < -0.4 is 10.6 Å². The summed E-state index contributed by atoms with van der Waals surface area (Å²) in [5.74, 6) is 0.181. The van der Waals surface area contributed by atoms with E-state index in [0.717, 1.165) is 5.39 Å². The lowest BCUT2D eigenvalue weighted by Gasteiger charge is -2.09. The van der Waals surface area contributed by atoms with Gasteiger partial charge in [0.15, 0.2) is 5.82 Å². The summed E-state index contributed by atoms with van der Waals surface area (Å²) in [6.07, 6.45) is 1.78. The molecule has 8 nitrogen and oxygen atoms in total. The molecule has 0 aliphatic carbocycles. The van der Waals surface area contributed by atoms with E-state index in [9.17, 15) is 18.0 Å². The normalized spacial score (nSPS) is 11.5. The van der Waals surface area contributed by atoms with E-state index in [1.165, 1.54) is 12.5 Å². The van der Waals surface area contributed by atoms with Crippen molar-refractivity contribution < 1.29 is 18.0 Å². The molecule has 0 aromatic carbocycles. The molecule has 26 heavy (non-hydrogen) atoms. The summed E-state index contributed by atoms with van der Waals surface area (Å²) < 4.78 is 36.1. The van der Waals surface area contributed by atoms with Crippen molar-refractivity contribution in [3.63, 3.8) is 0 Å². The van der Waals surface area contributed by atoms with Gasteiger partial charge in [-0.2, -0.15) is 13.2 Å². The SMILES string of the molecule is O=C(CCNc1ccnc(-c2c[nH]c3ncncc23)n1)NCC(F)(F)F. The maximum absolute atomic E-state index is 12.0. The quantitative estimate of drug-likeness (QED) is 0.616. The van der Waals surface area contributed by atoms with Crippen LogP contribution >= 0.6 is 0 Å². The molecule has 0 unspecified atom stereocenters. The highest BCUT2D eigenvalue weighted by Crippen LogP contribution is 2.24. The average Bonchev–Trinajstić information content (AvgIpc) is 3.04. The average molecular weight is 365 g/mol. The molecule has 0 radical (unpaired) electrons. The van der Waals surface area contributed by atoms with Gasteiger partial charge >= 0.3 is 6.18 Å². The number of amides is 1. The summed E-state index contributed by atoms with van der Waals surface area (Å²) in [7, 11) is 0. The molecule has 0 aliphatic rings. The van der Waals surface area contributed by atoms with Gasteiger partial charge in [-0.05, 0) is 6.07 Å². The smallest absolute Gasteiger partial charge is 0.369 e. The minimum atomic E-state index is -4.42. The van der Waals surface area contributed by atoms with Crippen molar-refractivity contribution in [1.29, 1.82) is 0 Å². The van der Waals surface area contributed by atoms with E-state index in [-0.39, 0.29) is 13.0 Å². The van der Waals surface area contributed by atoms with Gasteiger partial charge < -0.3 is 15.6 Å². The second kappa shape index (κ2) is 7.33. The number of halogens is 3. The Hall–Kier alpha value is -3.24. The Kier molecular flexibility index (Phi) is 4.96. The summed E-state index contributed by atoms with van der Waals surface area (Å²) in [4.78, 5) is 31.0. The summed E-state index contributed by atoms with van der Waals surface area (Å²) in [6.45, 7) is -1.21. The Labute approximate surface area is 145 Å². The minimum absolute atomic E-state index is 0.115. The number of aromatic nitrogens is 5. The molecular formula is C15H14F3N7O. The van der Waals surface area contributed by atoms with Gasteiger partial charge in [0, 0.05) is 42.5 Å². The van der Waals surface area contributed by atoms with Crippen molar-refractivity contribution in [1.82, 2.24) is 30.2 Å². The lowest BCUT2D eigenvalue weighted by molar-refractivity contribution is -0.138. The van der Waals surface area contributed by atoms with Crippen LogP contribution in [0.4, 0.5) is 19.0 Å². The lowest BCUT2D eigenvalue weighted by atomic mass is 10.2. The fourth-order valence-electron chi connectivity index (χ4n) is 2.22. The molecular weight excluding hydrogens is 351 g/mol. The van der Waals surface area contributed by atoms with Crippen LogP contribution in [0.3, 0.4) is 0 Å². The number of fused-ring (bicyclic) bond motifs is 1. The largest absolute Gasteiger partial charge is 0.405 e. The third kappa shape index (κ3) is 4.43. The molecule has 3 heterocycles. The van der Waals surface area contributed by atoms with Crippen LogP contribution in [0.5, 0.6) is 0 Å². The standard InChI is InChI=1S/C15H14F3N7O/c16-15(17,18)7-23-12(26)2-4-20-11-1-3-21-14(25-11)10-6-22-13-9(10)5-19-8-24-13/h1,3,5-6,8H,2,4,7H2,(H,23,26)(H,19,22,24)(H,20,21,25). The minimum Gasteiger partial charge on any atom is -0.369 e. The molecule has 1 amide bonds. The highest BCUT2D eigenvalue weighted by molar-refractivity contribution is 5.90. The Bertz CT molecular complexity index is 909. The Morgan fingerprint density at radius 2 is 2.12 bits per heavy atom. The molecule has 11 heteroatoms. The number of nitrogens with zero attached hydrogens (tertiary/aromatic N) is 4. The van der Waals surface area contributed by atoms with Crippen LogP contribution in [0.2, 0.25) is 0 Å². The van der Waals surface area contributed by atoms with E-state index >= 15 is 0 Å². The molecule has 0 saturated carbocycles. The second-order valence-electron chi connectivity index (χ2n) is 5.32. The zero-order valence-electron chi connectivity index (χ0n) is 13.3. The zero-order valence-corrected chi connectivity index (χ0v) is 13.3. The summed E-state index contributed by atoms with van der Waals surface area (Å²) >= 11 is 0. The number of hydrogen-bond acceptors (Lipinski definition) is 6. The van der Waals surface area contributed by atoms with Gasteiger partial charge in [0.25, 0.3) is 0 Å². The number of carbonyl (C=O) groups is 1. The van der Waals surface area contributed by atoms with Crippen molar-refractivity contribution in [2.75, 3.05) is 18.4 Å². The van der Waals surface area contributed by atoms with E-state index in [4.69, 9.17) is 0 Å². The summed E-state index contributed by atoms with van der Waals surface area (Å²) in [6, 6.07) is 1.60. The molecule has 3 N–H and O–H groups in total. The second-order valence-corrected chi connectivity index (χ2v) is 5.32. The maximum atomic E-state index is 12.0. The van der Waals surface area contributed by atoms with Gasteiger partial charge in [-0.25, -0.2) is 19.9 Å². The van der Waals surface area contributed by atoms with Gasteiger partial charge in [-0.3, -0.25) is 4.79 Å². The predicted octanol–water partition coefficient (Wildman–Crippen LogP) is 1.90. The van der Waals surface area contributed by atoms with Crippen LogP contribution in [0, 0.1) is 0 Å². The maximum Gasteiger partial charge on any atom is 0.405 e. The van der Waals surface area contributed by atoms with Gasteiger partial charge in [0.05, 0.1) is 0 Å². The number of nitrogens with one attached hydrogen (secondary N) is 3. The third-order valence-electron chi connectivity index (χ3n) is 3.40. The number of H-pyrrole nitrogens is 1. The van der Waals surface area contributed by atoms with Crippen LogP contribution in [-0.4, -0.2) is 50.1 Å². The number of hydrogen-bond donors (Lipinski definition) is 3. The van der Waals surface area contributed by atoms with Crippen molar-refractivity contribution in [3.8, 4) is 11.4 Å². The molecule has 0 fully saturated rings. The van der Waals surface area contributed by atoms with Crippen LogP contribution in [0.25, 0.3) is 22.4 Å². The lowest BCUT2D eigenvalue weighted by Crippen LogP contribution is -2.34. The topological polar surface area (TPSA) is 108 Å². The molecule has 0 saturated heterocycles. The van der Waals surface area contributed by atoms with Crippen LogP contribution in [0.1, 0.15) is 6.42 Å². The number of anilines is 1. The molecule has 0 aliphatic heterocycles. The molecule has 136 valence electrons. The third-order valence-corrected chi connectivity index (χ3v) is 3.40. The first-order valence-electron chi connectivity index (χ1n) is 7.60. The number of rotatable bonds is 6. The monoisotopic (exact) mass is 365 g/mol. The Morgan fingerprint density at radius 1 is 1.27 bits per heavy atom. The molecule has 0 bridgehead atoms. The molecule has 3 aromatic heterocycles. The van der Waals surface area contributed by atoms with Crippen molar-refractivity contribution >= 4 is 22.8 Å². The fourth-order valence-corrected chi connectivity index (χ4v) is 2.22. The highest BCUT2D eigenvalue weighted by atomic mass is 19.4. The predicted molar refractivity (Wildman–Crippen MR) is 87.1 cm³/mol. The zero-order chi connectivity index (χ0) is 18.6. The van der Waals surface area contributed by atoms with E-state index in [2.05, 4.69) is 30.2 Å². The number of carbonyl (C=O) groups excluding carboxylic acids is 1. The van der Waals surface area contributed by atoms with Crippen molar-refractivity contribution in [2.45, 2.75) is 12.6 Å². The first-order chi connectivity index (χ1) is 12.4. The number of alkyl halides is 3. The first kappa shape index (κ1) is 17.6. The van der Waals surface area contributed by atoms with Crippen LogP contribution in [-0.2, 0) is 4.79 Å². The van der Waals surface area contributed by atoms with E-state index in [1.807, 2.05) is 5.32 Å². The molecule has 3 aromatic rings. The van der Waals surface area contributed by atoms with Gasteiger partial charge in [-0.1, -0.05) is 0 Å². The molecule has 0 spiro atoms. The Morgan fingerprint density at radius 3 is 2.92 bits per heavy atom. The summed E-state index contributed by atoms with van der Waals surface area (Å²) in [5, 5.41) is 5.46. The van der Waals surface area contributed by atoms with Crippen molar-refractivity contribution in [3.05, 3.63) is 31.0 Å². The Balaban J connectivity index is 1.61. The van der Waals surface area contributed by atoms with Gasteiger partial charge in [0.1, 0.15) is 24.3 Å². The van der Waals surface area contributed by atoms with Gasteiger partial charge in [0.2, 0.25) is 5.91 Å². The van der Waals surface area contributed by atoms with Crippen LogP contribution in [0.15, 0.2) is 31.0 Å². The fraction of sp³-hybridized carbons (Fsp3) is 0.267. The van der Waals surface area contributed by atoms with E-state index in [0.29, 0.717) is 22.9 Å². The number of aromatic amines is 1. The van der Waals surface area contributed by atoms with E-state index < -0.39 is 18.6 Å². The summed E-state index contributed by atoms with van der Waals surface area (Å²) in [5.41, 5.74) is 1.37. The molecule has 3 rings (SSSR count).